The second-order valence-corrected chi connectivity index (χ2v) is 6.86. The summed E-state index contributed by atoms with van der Waals surface area (Å²) in [5, 5.41) is 3.48. The maximum atomic E-state index is 11.9. The van der Waals surface area contributed by atoms with Gasteiger partial charge in [0.1, 0.15) is 5.82 Å². The molecule has 1 aromatic carbocycles. The maximum Gasteiger partial charge on any atom is 0.354 e. The van der Waals surface area contributed by atoms with Crippen LogP contribution in [-0.4, -0.2) is 47.2 Å². The minimum atomic E-state index is -0.347. The summed E-state index contributed by atoms with van der Waals surface area (Å²) in [6, 6.07) is 9.76. The lowest BCUT2D eigenvalue weighted by Gasteiger charge is -2.17. The molecule has 2 aliphatic rings. The number of nitrogens with two attached hydrogens (primary N) is 1. The molecule has 0 bridgehead atoms. The lowest BCUT2D eigenvalue weighted by molar-refractivity contribution is 0.317. The molecule has 2 fully saturated rings. The van der Waals surface area contributed by atoms with Crippen molar-refractivity contribution in [2.75, 3.05) is 38.5 Å². The van der Waals surface area contributed by atoms with E-state index in [0.29, 0.717) is 0 Å². The van der Waals surface area contributed by atoms with Crippen molar-refractivity contribution in [3.63, 3.8) is 0 Å². The number of nitrogens with one attached hydrogen (secondary N) is 1. The molecule has 2 saturated heterocycles. The van der Waals surface area contributed by atoms with Gasteiger partial charge in [-0.25, -0.2) is 4.79 Å². The molecule has 1 aromatic heterocycles. The van der Waals surface area contributed by atoms with E-state index in [1.54, 1.807) is 12.3 Å². The minimum absolute atomic E-state index is 0.249. The second-order valence-electron chi connectivity index (χ2n) is 6.86. The Hall–Kier alpha value is -2.18. The Morgan fingerprint density at radius 2 is 1.83 bits per heavy atom. The minimum Gasteiger partial charge on any atom is -0.383 e. The fourth-order valence-corrected chi connectivity index (χ4v) is 3.86. The quantitative estimate of drug-likeness (QED) is 0.856. The molecule has 0 saturated carbocycles. The molecule has 0 aliphatic carbocycles. The van der Waals surface area contributed by atoms with Gasteiger partial charge in [-0.3, -0.25) is 4.57 Å². The van der Waals surface area contributed by atoms with Gasteiger partial charge in [0.25, 0.3) is 0 Å². The summed E-state index contributed by atoms with van der Waals surface area (Å²) < 4.78 is 1.51. The van der Waals surface area contributed by atoms with E-state index < -0.39 is 0 Å². The van der Waals surface area contributed by atoms with Gasteiger partial charge in [-0.05, 0) is 55.1 Å². The highest BCUT2D eigenvalue weighted by molar-refractivity contribution is 5.36. The maximum absolute atomic E-state index is 11.9. The Kier molecular flexibility index (Phi) is 4.08. The van der Waals surface area contributed by atoms with Gasteiger partial charge < -0.3 is 16.0 Å². The summed E-state index contributed by atoms with van der Waals surface area (Å²) in [5.41, 5.74) is 7.30. The molecule has 24 heavy (non-hydrogen) atoms. The number of hydrogen-bond acceptors (Lipinski definition) is 5. The summed E-state index contributed by atoms with van der Waals surface area (Å²) in [6.07, 6.45) is 2.71. The first kappa shape index (κ1) is 15.4. The largest absolute Gasteiger partial charge is 0.383 e. The van der Waals surface area contributed by atoms with Crippen molar-refractivity contribution in [3.05, 3.63) is 52.6 Å². The molecule has 0 radical (unpaired) electrons. The summed E-state index contributed by atoms with van der Waals surface area (Å²) in [6.45, 7) is 5.92. The average Bonchev–Trinajstić information content (AvgIpc) is 3.15. The van der Waals surface area contributed by atoms with Crippen LogP contribution in [0.2, 0.25) is 0 Å². The van der Waals surface area contributed by atoms with E-state index in [4.69, 9.17) is 5.73 Å². The van der Waals surface area contributed by atoms with Gasteiger partial charge in [0.15, 0.2) is 0 Å². The molecule has 6 nitrogen and oxygen atoms in total. The summed E-state index contributed by atoms with van der Waals surface area (Å²) in [4.78, 5) is 18.2. The van der Waals surface area contributed by atoms with E-state index in [-0.39, 0.29) is 11.5 Å². The first-order valence-electron chi connectivity index (χ1n) is 8.56. The van der Waals surface area contributed by atoms with Gasteiger partial charge in [0.2, 0.25) is 0 Å². The number of hydrogen-bond donors (Lipinski definition) is 2. The van der Waals surface area contributed by atoms with Gasteiger partial charge in [0.05, 0.1) is 5.69 Å². The number of nitrogens with zero attached hydrogens (tertiary/aromatic N) is 3. The van der Waals surface area contributed by atoms with E-state index in [2.05, 4.69) is 27.3 Å². The third kappa shape index (κ3) is 3.07. The molecule has 4 rings (SSSR count). The van der Waals surface area contributed by atoms with E-state index in [1.165, 1.54) is 36.3 Å². The zero-order valence-electron chi connectivity index (χ0n) is 13.7. The number of anilines is 1. The Balaban J connectivity index is 1.38. The first-order valence-corrected chi connectivity index (χ1v) is 8.56. The van der Waals surface area contributed by atoms with Crippen LogP contribution in [-0.2, 0) is 6.42 Å². The number of rotatable bonds is 4. The van der Waals surface area contributed by atoms with Crippen molar-refractivity contribution in [2.24, 2.45) is 11.8 Å². The van der Waals surface area contributed by atoms with Crippen LogP contribution in [0.15, 0.2) is 41.3 Å². The average molecular weight is 325 g/mol. The molecule has 6 heteroatoms. The van der Waals surface area contributed by atoms with Crippen LogP contribution >= 0.6 is 0 Å². The van der Waals surface area contributed by atoms with E-state index in [0.717, 1.165) is 30.5 Å². The normalized spacial score (nSPS) is 23.5. The van der Waals surface area contributed by atoms with Gasteiger partial charge >= 0.3 is 5.69 Å². The molecule has 0 spiro atoms. The van der Waals surface area contributed by atoms with Crippen molar-refractivity contribution in [2.45, 2.75) is 6.42 Å². The van der Waals surface area contributed by atoms with Crippen molar-refractivity contribution < 1.29 is 0 Å². The Morgan fingerprint density at radius 3 is 2.50 bits per heavy atom. The van der Waals surface area contributed by atoms with Crippen LogP contribution in [0.3, 0.4) is 0 Å². The smallest absolute Gasteiger partial charge is 0.354 e. The van der Waals surface area contributed by atoms with Crippen LogP contribution < -0.4 is 16.7 Å². The van der Waals surface area contributed by atoms with Gasteiger partial charge in [-0.15, -0.1) is 0 Å². The van der Waals surface area contributed by atoms with Crippen LogP contribution in [0, 0.1) is 11.8 Å². The molecule has 3 heterocycles. The molecule has 126 valence electrons. The predicted molar refractivity (Wildman–Crippen MR) is 94.2 cm³/mol. The van der Waals surface area contributed by atoms with Crippen molar-refractivity contribution >= 4 is 5.82 Å². The monoisotopic (exact) mass is 325 g/mol. The summed E-state index contributed by atoms with van der Waals surface area (Å²) in [5.74, 6) is 1.94. The Labute approximate surface area is 141 Å². The fraction of sp³-hybridized carbons (Fsp3) is 0.444. The Morgan fingerprint density at radius 1 is 1.12 bits per heavy atom. The highest BCUT2D eigenvalue weighted by Gasteiger charge is 2.35. The van der Waals surface area contributed by atoms with Gasteiger partial charge in [-0.2, -0.15) is 4.98 Å². The lowest BCUT2D eigenvalue weighted by atomic mass is 10.0. The van der Waals surface area contributed by atoms with Crippen molar-refractivity contribution in [1.29, 1.82) is 0 Å². The number of benzene rings is 1. The topological polar surface area (TPSA) is 76.2 Å². The van der Waals surface area contributed by atoms with Crippen LogP contribution in [0.1, 0.15) is 5.56 Å². The van der Waals surface area contributed by atoms with Crippen LogP contribution in [0.4, 0.5) is 5.82 Å². The highest BCUT2D eigenvalue weighted by Crippen LogP contribution is 2.26. The standard InChI is InChI=1S/C18H23N5O/c19-17-6-8-23(18(24)21-17)16-3-1-13(2-4-16)5-7-22-11-14-9-20-10-15(14)12-22/h1-4,6,8,14-15,20H,5,7,9-12H2,(H2,19,21,24). The highest BCUT2D eigenvalue weighted by atomic mass is 16.1. The van der Waals surface area contributed by atoms with Crippen LogP contribution in [0.25, 0.3) is 5.69 Å². The molecule has 2 aromatic rings. The molecule has 3 N–H and O–H groups in total. The molecule has 2 aliphatic heterocycles. The van der Waals surface area contributed by atoms with Crippen molar-refractivity contribution in [1.82, 2.24) is 19.8 Å². The van der Waals surface area contributed by atoms with Crippen molar-refractivity contribution in [3.8, 4) is 5.69 Å². The number of fused-ring (bicyclic) bond motifs is 1. The molecule has 2 unspecified atom stereocenters. The van der Waals surface area contributed by atoms with E-state index in [1.807, 2.05) is 12.1 Å². The lowest BCUT2D eigenvalue weighted by Crippen LogP contribution is -2.27. The summed E-state index contributed by atoms with van der Waals surface area (Å²) in [7, 11) is 0. The third-order valence-corrected chi connectivity index (χ3v) is 5.22. The third-order valence-electron chi connectivity index (χ3n) is 5.22. The van der Waals surface area contributed by atoms with Gasteiger partial charge in [0, 0.05) is 25.8 Å². The zero-order chi connectivity index (χ0) is 16.5. The number of aromatic nitrogens is 2. The molecular weight excluding hydrogens is 302 g/mol. The SMILES string of the molecule is Nc1ccn(-c2ccc(CCN3CC4CNCC4C3)cc2)c(=O)n1. The van der Waals surface area contributed by atoms with E-state index in [9.17, 15) is 4.79 Å². The van der Waals surface area contributed by atoms with Gasteiger partial charge in [-0.1, -0.05) is 12.1 Å². The van der Waals surface area contributed by atoms with Crippen LogP contribution in [0.5, 0.6) is 0 Å². The second kappa shape index (κ2) is 6.37. The first-order chi connectivity index (χ1) is 11.7. The molecular formula is C18H23N5O. The molecule has 2 atom stereocenters. The van der Waals surface area contributed by atoms with E-state index >= 15 is 0 Å². The fourth-order valence-electron chi connectivity index (χ4n) is 3.86. The Bertz CT molecular complexity index is 758. The number of likely N-dealkylation sites (tertiary alicyclic amines) is 1. The number of nitrogen functional groups attached to an aromatic ring is 1. The zero-order valence-corrected chi connectivity index (χ0v) is 13.7. The summed E-state index contributed by atoms with van der Waals surface area (Å²) >= 11 is 0. The predicted octanol–water partition coefficient (Wildman–Crippen LogP) is 0.508. The molecule has 0 amide bonds.